The van der Waals surface area contributed by atoms with Crippen LogP contribution < -0.4 is 15.4 Å². The van der Waals surface area contributed by atoms with E-state index in [0.29, 0.717) is 35.9 Å². The van der Waals surface area contributed by atoms with E-state index in [9.17, 15) is 0 Å². The zero-order valence-electron chi connectivity index (χ0n) is 14.7. The Morgan fingerprint density at radius 1 is 1.28 bits per heavy atom. The molecule has 2 aromatic rings. The molecule has 3 N–H and O–H groups in total. The summed E-state index contributed by atoms with van der Waals surface area (Å²) in [7, 11) is 0. The highest BCUT2D eigenvalue weighted by Gasteiger charge is 2.15. The number of nitrogen functional groups attached to an aromatic ring is 1. The molecule has 6 heteroatoms. The summed E-state index contributed by atoms with van der Waals surface area (Å²) in [4.78, 5) is 6.60. The van der Waals surface area contributed by atoms with Gasteiger partial charge in [-0.25, -0.2) is 4.98 Å². The van der Waals surface area contributed by atoms with Crippen molar-refractivity contribution in [1.82, 2.24) is 4.98 Å². The first-order chi connectivity index (χ1) is 12.0. The number of aromatic nitrogens is 1. The van der Waals surface area contributed by atoms with Gasteiger partial charge in [0.05, 0.1) is 25.0 Å². The smallest absolute Gasteiger partial charge is 0.129 e. The fourth-order valence-electron chi connectivity index (χ4n) is 2.79. The summed E-state index contributed by atoms with van der Waals surface area (Å²) >= 11 is 0. The van der Waals surface area contributed by atoms with Crippen LogP contribution in [0.2, 0.25) is 0 Å². The van der Waals surface area contributed by atoms with Gasteiger partial charge in [-0.2, -0.15) is 0 Å². The summed E-state index contributed by atoms with van der Waals surface area (Å²) < 4.78 is 11.1. The van der Waals surface area contributed by atoms with Crippen molar-refractivity contribution in [2.24, 2.45) is 0 Å². The molecule has 0 bridgehead atoms. The summed E-state index contributed by atoms with van der Waals surface area (Å²) in [6.45, 7) is 6.96. The van der Waals surface area contributed by atoms with Gasteiger partial charge in [-0.15, -0.1) is 0 Å². The van der Waals surface area contributed by atoms with Gasteiger partial charge in [0.2, 0.25) is 0 Å². The molecule has 134 valence electrons. The molecule has 1 saturated heterocycles. The van der Waals surface area contributed by atoms with Gasteiger partial charge < -0.3 is 20.1 Å². The molecule has 3 rings (SSSR count). The van der Waals surface area contributed by atoms with E-state index in [-0.39, 0.29) is 7.53 Å². The third kappa shape index (κ3) is 4.09. The van der Waals surface area contributed by atoms with E-state index in [0.717, 1.165) is 24.5 Å². The highest BCUT2D eigenvalue weighted by atomic mass is 16.5. The van der Waals surface area contributed by atoms with E-state index in [2.05, 4.69) is 9.88 Å². The molecule has 0 spiro atoms. The van der Waals surface area contributed by atoms with Gasteiger partial charge in [0, 0.05) is 37.5 Å². The largest absolute Gasteiger partial charge is 0.491 e. The molecule has 2 heterocycles. The molecule has 6 nitrogen and oxygen atoms in total. The number of rotatable bonds is 5. The fourth-order valence-corrected chi connectivity index (χ4v) is 2.79. The standard InChI is InChI=1S/C19H24N4O2.H2/c1-13(2)25-15-3-4-17(20)16(12-15)19(21)14-5-6-22-18(11-14)23-7-9-24-10-8-23;/h3-6,11-13,21H,7-10,20H2,1-2H3;1H. The first-order valence-electron chi connectivity index (χ1n) is 8.49. The van der Waals surface area contributed by atoms with Crippen LogP contribution in [0.3, 0.4) is 0 Å². The van der Waals surface area contributed by atoms with E-state index >= 15 is 0 Å². The number of hydrogen-bond acceptors (Lipinski definition) is 6. The Bertz CT molecular complexity index is 761. The second kappa shape index (κ2) is 7.53. The van der Waals surface area contributed by atoms with Gasteiger partial charge in [0.15, 0.2) is 0 Å². The van der Waals surface area contributed by atoms with Crippen molar-refractivity contribution >= 4 is 17.2 Å². The van der Waals surface area contributed by atoms with Crippen LogP contribution in [0.4, 0.5) is 11.5 Å². The quantitative estimate of drug-likeness (QED) is 0.645. The van der Waals surface area contributed by atoms with Crippen molar-refractivity contribution in [2.45, 2.75) is 20.0 Å². The highest BCUT2D eigenvalue weighted by molar-refractivity contribution is 6.14. The molecule has 0 radical (unpaired) electrons. The molecule has 1 fully saturated rings. The number of hydrogen-bond donors (Lipinski definition) is 2. The van der Waals surface area contributed by atoms with Crippen molar-refractivity contribution in [1.29, 1.82) is 5.41 Å². The fraction of sp³-hybridized carbons (Fsp3) is 0.368. The van der Waals surface area contributed by atoms with Crippen LogP contribution >= 0.6 is 0 Å². The monoisotopic (exact) mass is 342 g/mol. The summed E-state index contributed by atoms with van der Waals surface area (Å²) in [5.41, 5.74) is 8.47. The Hall–Kier alpha value is -2.60. The van der Waals surface area contributed by atoms with Crippen LogP contribution in [0, 0.1) is 5.41 Å². The second-order valence-electron chi connectivity index (χ2n) is 6.29. The number of ether oxygens (including phenoxy) is 2. The van der Waals surface area contributed by atoms with Crippen LogP contribution in [0.1, 0.15) is 26.4 Å². The molecular weight excluding hydrogens is 316 g/mol. The van der Waals surface area contributed by atoms with Crippen LogP contribution in [0.15, 0.2) is 36.5 Å². The third-order valence-corrected chi connectivity index (χ3v) is 4.04. The number of nitrogens with one attached hydrogen (secondary N) is 1. The van der Waals surface area contributed by atoms with Gasteiger partial charge in [0.1, 0.15) is 11.6 Å². The number of nitrogens with two attached hydrogens (primary N) is 1. The minimum Gasteiger partial charge on any atom is -0.491 e. The Balaban J connectivity index is 0.00000243. The average molecular weight is 342 g/mol. The normalized spacial score (nSPS) is 14.6. The summed E-state index contributed by atoms with van der Waals surface area (Å²) in [5.74, 6) is 1.57. The topological polar surface area (TPSA) is 84.5 Å². The zero-order chi connectivity index (χ0) is 17.8. The number of benzene rings is 1. The van der Waals surface area contributed by atoms with E-state index in [1.54, 1.807) is 12.3 Å². The van der Waals surface area contributed by atoms with Gasteiger partial charge in [-0.05, 0) is 44.2 Å². The lowest BCUT2D eigenvalue weighted by molar-refractivity contribution is 0.122. The molecule has 1 aliphatic heterocycles. The molecular formula is C19H26N4O2. The molecule has 0 atom stereocenters. The number of morpholine rings is 1. The lowest BCUT2D eigenvalue weighted by atomic mass is 10.0. The Morgan fingerprint density at radius 2 is 2.04 bits per heavy atom. The molecule has 25 heavy (non-hydrogen) atoms. The second-order valence-corrected chi connectivity index (χ2v) is 6.29. The Labute approximate surface area is 149 Å². The number of pyridine rings is 1. The summed E-state index contributed by atoms with van der Waals surface area (Å²) in [6.07, 6.45) is 1.80. The number of anilines is 2. The molecule has 1 aliphatic rings. The SMILES string of the molecule is CC(C)Oc1ccc(N)c(C(=N)c2ccnc(N3CCOCC3)c2)c1.[HH]. The molecule has 0 amide bonds. The highest BCUT2D eigenvalue weighted by Crippen LogP contribution is 2.24. The summed E-state index contributed by atoms with van der Waals surface area (Å²) in [5, 5.41) is 8.59. The molecule has 1 aromatic carbocycles. The minimum atomic E-state index is 0. The van der Waals surface area contributed by atoms with Crippen LogP contribution in [-0.2, 0) is 4.74 Å². The van der Waals surface area contributed by atoms with E-state index in [4.69, 9.17) is 20.6 Å². The third-order valence-electron chi connectivity index (χ3n) is 4.04. The predicted octanol–water partition coefficient (Wildman–Crippen LogP) is 2.95. The van der Waals surface area contributed by atoms with Gasteiger partial charge >= 0.3 is 0 Å². The van der Waals surface area contributed by atoms with Crippen LogP contribution in [-0.4, -0.2) is 43.1 Å². The Kier molecular flexibility index (Phi) is 5.19. The van der Waals surface area contributed by atoms with Gasteiger partial charge in [-0.1, -0.05) is 0 Å². The Morgan fingerprint density at radius 3 is 2.76 bits per heavy atom. The van der Waals surface area contributed by atoms with Crippen LogP contribution in [0.25, 0.3) is 0 Å². The summed E-state index contributed by atoms with van der Waals surface area (Å²) in [6, 6.07) is 9.21. The van der Waals surface area contributed by atoms with Crippen LogP contribution in [0.5, 0.6) is 5.75 Å². The lowest BCUT2D eigenvalue weighted by Crippen LogP contribution is -2.36. The maximum absolute atomic E-state index is 8.59. The molecule has 0 aliphatic carbocycles. The van der Waals surface area contributed by atoms with Crippen molar-refractivity contribution in [3.05, 3.63) is 47.7 Å². The van der Waals surface area contributed by atoms with E-state index < -0.39 is 0 Å². The van der Waals surface area contributed by atoms with Crippen molar-refractivity contribution in [3.8, 4) is 5.75 Å². The van der Waals surface area contributed by atoms with Crippen molar-refractivity contribution in [3.63, 3.8) is 0 Å². The maximum Gasteiger partial charge on any atom is 0.129 e. The lowest BCUT2D eigenvalue weighted by Gasteiger charge is -2.28. The predicted molar refractivity (Wildman–Crippen MR) is 102 cm³/mol. The van der Waals surface area contributed by atoms with Crippen molar-refractivity contribution < 1.29 is 10.9 Å². The first kappa shape index (κ1) is 17.2. The minimum absolute atomic E-state index is 0. The van der Waals surface area contributed by atoms with Gasteiger partial charge in [-0.3, -0.25) is 5.41 Å². The van der Waals surface area contributed by atoms with E-state index in [1.807, 2.05) is 38.1 Å². The zero-order valence-corrected chi connectivity index (χ0v) is 14.7. The molecule has 1 aromatic heterocycles. The van der Waals surface area contributed by atoms with Gasteiger partial charge in [0.25, 0.3) is 0 Å². The average Bonchev–Trinajstić information content (AvgIpc) is 2.63. The number of nitrogens with zero attached hydrogens (tertiary/aromatic N) is 2. The maximum atomic E-state index is 8.59. The molecule has 0 unspecified atom stereocenters. The molecule has 0 saturated carbocycles. The van der Waals surface area contributed by atoms with Crippen molar-refractivity contribution in [2.75, 3.05) is 36.9 Å². The van der Waals surface area contributed by atoms with E-state index in [1.165, 1.54) is 0 Å². The first-order valence-corrected chi connectivity index (χ1v) is 8.49.